The summed E-state index contributed by atoms with van der Waals surface area (Å²) in [4.78, 5) is 1.95. The summed E-state index contributed by atoms with van der Waals surface area (Å²) in [5.41, 5.74) is -0.431. The molecule has 1 aliphatic heterocycles. The number of halogens is 6. The molecule has 2 fully saturated rings. The molecule has 132 valence electrons. The lowest BCUT2D eigenvalue weighted by Gasteiger charge is -2.43. The molecule has 1 heterocycles. The molecule has 1 saturated heterocycles. The lowest BCUT2D eigenvalue weighted by molar-refractivity contribution is 0.0772. The average Bonchev–Trinajstić information content (AvgIpc) is 2.43. The molecule has 23 heavy (non-hydrogen) atoms. The Morgan fingerprint density at radius 2 is 1.48 bits per heavy atom. The number of nitrogens with one attached hydrogen (secondary N) is 1. The van der Waals surface area contributed by atoms with E-state index in [1.54, 1.807) is 0 Å². The number of nitrogens with zero attached hydrogens (tertiary/aromatic N) is 1. The van der Waals surface area contributed by atoms with Gasteiger partial charge < -0.3 is 5.32 Å². The lowest BCUT2D eigenvalue weighted by Crippen LogP contribution is -2.48. The Morgan fingerprint density at radius 3 is 1.91 bits per heavy atom. The molecule has 0 unspecified atom stereocenters. The van der Waals surface area contributed by atoms with Gasteiger partial charge in [0.25, 0.3) is 0 Å². The second kappa shape index (κ2) is 8.51. The third kappa shape index (κ3) is 3.92. The molecule has 0 radical (unpaired) electrons. The summed E-state index contributed by atoms with van der Waals surface area (Å²) in [5.74, 6) is -5.06. The van der Waals surface area contributed by atoms with Gasteiger partial charge in [0.05, 0.1) is 0 Å². The number of piperazine rings is 1. The van der Waals surface area contributed by atoms with Crippen LogP contribution in [0.3, 0.4) is 0 Å². The second-order valence-corrected chi connectivity index (χ2v) is 5.80. The van der Waals surface area contributed by atoms with Crippen LogP contribution in [0, 0.1) is 29.2 Å². The predicted octanol–water partition coefficient (Wildman–Crippen LogP) is 3.83. The molecule has 2 aliphatic rings. The minimum Gasteiger partial charge on any atom is -0.314 e. The van der Waals surface area contributed by atoms with E-state index < -0.39 is 34.9 Å². The van der Waals surface area contributed by atoms with Crippen molar-refractivity contribution >= 4 is 24.8 Å². The van der Waals surface area contributed by atoms with Crippen molar-refractivity contribution in [2.45, 2.75) is 25.3 Å². The Bertz CT molecular complexity index is 508. The summed E-state index contributed by atoms with van der Waals surface area (Å²) < 4.78 is 55.3. The Balaban J connectivity index is 0.00000132. The quantitative estimate of drug-likeness (QED) is 0.638. The fourth-order valence-electron chi connectivity index (χ4n) is 3.28. The van der Waals surface area contributed by atoms with Crippen LogP contribution in [0.2, 0.25) is 0 Å². The SMILES string of the molecule is Cl.Cl.Fc1cc(F)c(F)c([C@@H](C2CCC2)N2CCNCC2)c1F. The summed E-state index contributed by atoms with van der Waals surface area (Å²) in [6.45, 7) is 2.67. The molecule has 3 rings (SSSR count). The van der Waals surface area contributed by atoms with E-state index >= 15 is 0 Å². The van der Waals surface area contributed by atoms with Crippen LogP contribution in [0.15, 0.2) is 6.07 Å². The molecular weight excluding hydrogens is 355 g/mol. The summed E-state index contributed by atoms with van der Waals surface area (Å²) in [5, 5.41) is 3.17. The summed E-state index contributed by atoms with van der Waals surface area (Å²) in [6.07, 6.45) is 2.67. The van der Waals surface area contributed by atoms with Gasteiger partial charge in [-0.05, 0) is 18.8 Å². The van der Waals surface area contributed by atoms with Gasteiger partial charge in [0.1, 0.15) is 0 Å². The largest absolute Gasteiger partial charge is 0.314 e. The molecule has 1 aromatic carbocycles. The Hall–Kier alpha value is -0.560. The van der Waals surface area contributed by atoms with Crippen LogP contribution >= 0.6 is 24.8 Å². The van der Waals surface area contributed by atoms with Gasteiger partial charge in [0.15, 0.2) is 23.3 Å². The normalized spacial score (nSPS) is 20.2. The summed E-state index contributed by atoms with van der Waals surface area (Å²) >= 11 is 0. The van der Waals surface area contributed by atoms with Crippen molar-refractivity contribution < 1.29 is 17.6 Å². The van der Waals surface area contributed by atoms with Crippen molar-refractivity contribution in [1.29, 1.82) is 0 Å². The van der Waals surface area contributed by atoms with Gasteiger partial charge >= 0.3 is 0 Å². The van der Waals surface area contributed by atoms with E-state index in [1.165, 1.54) is 0 Å². The Labute approximate surface area is 145 Å². The van der Waals surface area contributed by atoms with Gasteiger partial charge in [0.2, 0.25) is 0 Å². The molecule has 0 spiro atoms. The molecule has 1 aliphatic carbocycles. The van der Waals surface area contributed by atoms with E-state index in [4.69, 9.17) is 0 Å². The number of benzene rings is 1. The summed E-state index contributed by atoms with van der Waals surface area (Å²) in [7, 11) is 0. The maximum atomic E-state index is 14.1. The van der Waals surface area contributed by atoms with Crippen LogP contribution in [0.5, 0.6) is 0 Å². The number of hydrogen-bond acceptors (Lipinski definition) is 2. The monoisotopic (exact) mass is 374 g/mol. The van der Waals surface area contributed by atoms with Gasteiger partial charge in [-0.25, -0.2) is 17.6 Å². The Morgan fingerprint density at radius 1 is 0.957 bits per heavy atom. The van der Waals surface area contributed by atoms with Crippen molar-refractivity contribution in [3.63, 3.8) is 0 Å². The van der Waals surface area contributed by atoms with Gasteiger partial charge in [-0.1, -0.05) is 6.42 Å². The van der Waals surface area contributed by atoms with Crippen LogP contribution in [0.1, 0.15) is 30.9 Å². The van der Waals surface area contributed by atoms with Crippen molar-refractivity contribution in [3.05, 3.63) is 34.9 Å². The molecule has 8 heteroatoms. The first kappa shape index (κ1) is 20.5. The van der Waals surface area contributed by atoms with Crippen LogP contribution in [0.4, 0.5) is 17.6 Å². The molecule has 1 N–H and O–H groups in total. The van der Waals surface area contributed by atoms with Gasteiger partial charge in [0, 0.05) is 43.9 Å². The summed E-state index contributed by atoms with van der Waals surface area (Å²) in [6, 6.07) is -0.296. The van der Waals surface area contributed by atoms with E-state index in [-0.39, 0.29) is 36.8 Å². The fraction of sp³-hybridized carbons (Fsp3) is 0.600. The van der Waals surface area contributed by atoms with Crippen LogP contribution in [0.25, 0.3) is 0 Å². The lowest BCUT2D eigenvalue weighted by atomic mass is 9.76. The van der Waals surface area contributed by atoms with E-state index in [9.17, 15) is 17.6 Å². The molecule has 0 amide bonds. The smallest absolute Gasteiger partial charge is 0.166 e. The minimum absolute atomic E-state index is 0. The maximum absolute atomic E-state index is 14.1. The van der Waals surface area contributed by atoms with Crippen LogP contribution in [-0.4, -0.2) is 31.1 Å². The first-order valence-electron chi connectivity index (χ1n) is 7.37. The third-order valence-electron chi connectivity index (χ3n) is 4.58. The topological polar surface area (TPSA) is 15.3 Å². The van der Waals surface area contributed by atoms with E-state index in [1.807, 2.05) is 4.90 Å². The van der Waals surface area contributed by atoms with E-state index in [0.29, 0.717) is 26.2 Å². The van der Waals surface area contributed by atoms with Gasteiger partial charge in [-0.2, -0.15) is 0 Å². The second-order valence-electron chi connectivity index (χ2n) is 5.80. The van der Waals surface area contributed by atoms with Crippen LogP contribution in [-0.2, 0) is 0 Å². The highest BCUT2D eigenvalue weighted by Gasteiger charge is 2.38. The maximum Gasteiger partial charge on any atom is 0.166 e. The third-order valence-corrected chi connectivity index (χ3v) is 4.58. The fourth-order valence-corrected chi connectivity index (χ4v) is 3.28. The number of rotatable bonds is 3. The zero-order valence-corrected chi connectivity index (χ0v) is 14.1. The standard InChI is InChI=1S/C15H18F4N2.2ClH/c16-10-8-11(17)14(19)12(13(10)18)15(9-2-1-3-9)21-6-4-20-5-7-21;;/h8-9,15,20H,1-7H2;2*1H/t15-;;/m1../s1. The molecule has 1 aromatic rings. The van der Waals surface area contributed by atoms with Crippen molar-refractivity contribution in [1.82, 2.24) is 10.2 Å². The van der Waals surface area contributed by atoms with Crippen LogP contribution < -0.4 is 5.32 Å². The van der Waals surface area contributed by atoms with Gasteiger partial charge in [-0.3, -0.25) is 4.90 Å². The highest BCUT2D eigenvalue weighted by Crippen LogP contribution is 2.43. The molecular formula is C15H20Cl2F4N2. The predicted molar refractivity (Wildman–Crippen MR) is 85.3 cm³/mol. The van der Waals surface area contributed by atoms with E-state index in [2.05, 4.69) is 5.32 Å². The first-order valence-corrected chi connectivity index (χ1v) is 7.37. The molecule has 1 saturated carbocycles. The van der Waals surface area contributed by atoms with Crippen molar-refractivity contribution in [3.8, 4) is 0 Å². The van der Waals surface area contributed by atoms with Gasteiger partial charge in [-0.15, -0.1) is 24.8 Å². The molecule has 0 bridgehead atoms. The molecule has 0 aromatic heterocycles. The Kier molecular flexibility index (Phi) is 7.58. The average molecular weight is 375 g/mol. The van der Waals surface area contributed by atoms with E-state index in [0.717, 1.165) is 19.3 Å². The first-order chi connectivity index (χ1) is 10.1. The zero-order chi connectivity index (χ0) is 15.0. The highest BCUT2D eigenvalue weighted by atomic mass is 35.5. The minimum atomic E-state index is -1.32. The van der Waals surface area contributed by atoms with Crippen molar-refractivity contribution in [2.24, 2.45) is 5.92 Å². The van der Waals surface area contributed by atoms with Crippen molar-refractivity contribution in [2.75, 3.05) is 26.2 Å². The highest BCUT2D eigenvalue weighted by molar-refractivity contribution is 5.85. The molecule has 2 nitrogen and oxygen atoms in total. The molecule has 1 atom stereocenters. The number of hydrogen-bond donors (Lipinski definition) is 1. The zero-order valence-electron chi connectivity index (χ0n) is 12.5.